The zero-order valence-corrected chi connectivity index (χ0v) is 9.92. The van der Waals surface area contributed by atoms with E-state index in [0.717, 1.165) is 5.92 Å². The van der Waals surface area contributed by atoms with Crippen molar-refractivity contribution < 1.29 is 4.74 Å². The molecule has 0 spiro atoms. The molecule has 80 valence electrons. The molecule has 0 aromatic carbocycles. The molecule has 1 N–H and O–H groups in total. The van der Waals surface area contributed by atoms with Crippen molar-refractivity contribution in [2.75, 3.05) is 7.11 Å². The van der Waals surface area contributed by atoms with Crippen molar-refractivity contribution in [1.29, 1.82) is 0 Å². The standard InChI is InChI=1S/C11H25NO/c1-7-8(2)9(3)12-10(4)11(5)13-6/h8-12H,7H2,1-6H3. The molecule has 0 aromatic rings. The summed E-state index contributed by atoms with van der Waals surface area (Å²) in [6.45, 7) is 11.0. The Kier molecular flexibility index (Phi) is 6.35. The van der Waals surface area contributed by atoms with Crippen LogP contribution < -0.4 is 5.32 Å². The summed E-state index contributed by atoms with van der Waals surface area (Å²) in [5, 5.41) is 3.56. The number of rotatable bonds is 6. The summed E-state index contributed by atoms with van der Waals surface area (Å²) in [6.07, 6.45) is 1.51. The summed E-state index contributed by atoms with van der Waals surface area (Å²) in [5.74, 6) is 0.728. The van der Waals surface area contributed by atoms with Gasteiger partial charge in [-0.15, -0.1) is 0 Å². The van der Waals surface area contributed by atoms with E-state index in [9.17, 15) is 0 Å². The largest absolute Gasteiger partial charge is 0.380 e. The summed E-state index contributed by atoms with van der Waals surface area (Å²) in [4.78, 5) is 0. The van der Waals surface area contributed by atoms with Crippen LogP contribution in [0.15, 0.2) is 0 Å². The zero-order valence-electron chi connectivity index (χ0n) is 9.92. The fraction of sp³-hybridized carbons (Fsp3) is 1.00. The predicted molar refractivity (Wildman–Crippen MR) is 58.0 cm³/mol. The molecule has 0 radical (unpaired) electrons. The van der Waals surface area contributed by atoms with E-state index in [0.29, 0.717) is 12.1 Å². The maximum atomic E-state index is 5.26. The number of hydrogen-bond donors (Lipinski definition) is 1. The molecule has 0 bridgehead atoms. The van der Waals surface area contributed by atoms with E-state index in [1.54, 1.807) is 7.11 Å². The van der Waals surface area contributed by atoms with Crippen molar-refractivity contribution in [3.8, 4) is 0 Å². The van der Waals surface area contributed by atoms with Crippen LogP contribution in [0.4, 0.5) is 0 Å². The first kappa shape index (κ1) is 12.9. The number of ether oxygens (including phenoxy) is 1. The third kappa shape index (κ3) is 4.63. The highest BCUT2D eigenvalue weighted by Gasteiger charge is 2.16. The Balaban J connectivity index is 3.83. The summed E-state index contributed by atoms with van der Waals surface area (Å²) < 4.78 is 5.26. The third-order valence-corrected chi connectivity index (χ3v) is 3.10. The highest BCUT2D eigenvalue weighted by atomic mass is 16.5. The van der Waals surface area contributed by atoms with Gasteiger partial charge in [0.25, 0.3) is 0 Å². The average molecular weight is 187 g/mol. The Bertz CT molecular complexity index is 113. The van der Waals surface area contributed by atoms with Gasteiger partial charge in [0.15, 0.2) is 0 Å². The number of methoxy groups -OCH3 is 1. The minimum atomic E-state index is 0.284. The molecule has 4 unspecified atom stereocenters. The van der Waals surface area contributed by atoms with Crippen LogP contribution in [0, 0.1) is 5.92 Å². The van der Waals surface area contributed by atoms with Gasteiger partial charge >= 0.3 is 0 Å². The Labute approximate surface area is 83.1 Å². The van der Waals surface area contributed by atoms with Gasteiger partial charge in [-0.2, -0.15) is 0 Å². The molecule has 2 nitrogen and oxygen atoms in total. The van der Waals surface area contributed by atoms with E-state index in [2.05, 4.69) is 39.9 Å². The SMILES string of the molecule is CCC(C)C(C)NC(C)C(C)OC. The molecule has 0 rings (SSSR count). The lowest BCUT2D eigenvalue weighted by Crippen LogP contribution is -2.44. The third-order valence-electron chi connectivity index (χ3n) is 3.10. The van der Waals surface area contributed by atoms with Crippen molar-refractivity contribution in [2.24, 2.45) is 5.92 Å². The van der Waals surface area contributed by atoms with E-state index in [4.69, 9.17) is 4.74 Å². The predicted octanol–water partition coefficient (Wildman–Crippen LogP) is 2.43. The van der Waals surface area contributed by atoms with Crippen molar-refractivity contribution in [3.63, 3.8) is 0 Å². The first-order valence-corrected chi connectivity index (χ1v) is 5.31. The van der Waals surface area contributed by atoms with Crippen molar-refractivity contribution in [2.45, 2.75) is 59.2 Å². The lowest BCUT2D eigenvalue weighted by atomic mass is 9.99. The molecule has 0 heterocycles. The summed E-state index contributed by atoms with van der Waals surface area (Å²) in [5.41, 5.74) is 0. The second kappa shape index (κ2) is 6.39. The zero-order chi connectivity index (χ0) is 10.4. The fourth-order valence-corrected chi connectivity index (χ4v) is 1.27. The smallest absolute Gasteiger partial charge is 0.0693 e. The Morgan fingerprint density at radius 3 is 2.00 bits per heavy atom. The number of nitrogens with one attached hydrogen (secondary N) is 1. The van der Waals surface area contributed by atoms with E-state index in [1.807, 2.05) is 0 Å². The molecule has 0 saturated heterocycles. The van der Waals surface area contributed by atoms with Crippen LogP contribution in [0.2, 0.25) is 0 Å². The van der Waals surface area contributed by atoms with E-state index < -0.39 is 0 Å². The summed E-state index contributed by atoms with van der Waals surface area (Å²) in [6, 6.07) is 0.992. The lowest BCUT2D eigenvalue weighted by Gasteiger charge is -2.27. The first-order valence-electron chi connectivity index (χ1n) is 5.31. The summed E-state index contributed by atoms with van der Waals surface area (Å²) in [7, 11) is 1.76. The van der Waals surface area contributed by atoms with Crippen LogP contribution in [-0.2, 0) is 4.74 Å². The van der Waals surface area contributed by atoms with Crippen LogP contribution in [0.5, 0.6) is 0 Å². The highest BCUT2D eigenvalue weighted by Crippen LogP contribution is 2.08. The second-order valence-corrected chi connectivity index (χ2v) is 4.07. The van der Waals surface area contributed by atoms with Crippen LogP contribution >= 0.6 is 0 Å². The molecular weight excluding hydrogens is 162 g/mol. The topological polar surface area (TPSA) is 21.3 Å². The van der Waals surface area contributed by atoms with Crippen LogP contribution in [0.3, 0.4) is 0 Å². The van der Waals surface area contributed by atoms with Gasteiger partial charge in [0.1, 0.15) is 0 Å². The molecule has 0 fully saturated rings. The highest BCUT2D eigenvalue weighted by molar-refractivity contribution is 4.75. The maximum Gasteiger partial charge on any atom is 0.0693 e. The Hall–Kier alpha value is -0.0800. The fourth-order valence-electron chi connectivity index (χ4n) is 1.27. The van der Waals surface area contributed by atoms with Crippen molar-refractivity contribution in [1.82, 2.24) is 5.32 Å². The summed E-state index contributed by atoms with van der Waals surface area (Å²) >= 11 is 0. The molecule has 13 heavy (non-hydrogen) atoms. The molecule has 0 aliphatic rings. The average Bonchev–Trinajstić information content (AvgIpc) is 2.14. The van der Waals surface area contributed by atoms with Gasteiger partial charge in [0, 0.05) is 19.2 Å². The van der Waals surface area contributed by atoms with Gasteiger partial charge in [0.2, 0.25) is 0 Å². The van der Waals surface area contributed by atoms with Gasteiger partial charge in [-0.25, -0.2) is 0 Å². The quantitative estimate of drug-likeness (QED) is 0.689. The first-order chi connectivity index (χ1) is 6.02. The molecule has 0 amide bonds. The van der Waals surface area contributed by atoms with Crippen molar-refractivity contribution >= 4 is 0 Å². The number of hydrogen-bond acceptors (Lipinski definition) is 2. The second-order valence-electron chi connectivity index (χ2n) is 4.07. The van der Waals surface area contributed by atoms with Gasteiger partial charge in [-0.1, -0.05) is 20.3 Å². The van der Waals surface area contributed by atoms with Crippen LogP contribution in [0.1, 0.15) is 41.0 Å². The van der Waals surface area contributed by atoms with Crippen molar-refractivity contribution in [3.05, 3.63) is 0 Å². The van der Waals surface area contributed by atoms with Gasteiger partial charge in [0.05, 0.1) is 6.10 Å². The van der Waals surface area contributed by atoms with E-state index in [-0.39, 0.29) is 6.10 Å². The van der Waals surface area contributed by atoms with Gasteiger partial charge < -0.3 is 10.1 Å². The van der Waals surface area contributed by atoms with E-state index >= 15 is 0 Å². The van der Waals surface area contributed by atoms with Crippen LogP contribution in [0.25, 0.3) is 0 Å². The molecule has 0 saturated carbocycles. The molecule has 0 aliphatic heterocycles. The normalized spacial score (nSPS) is 20.8. The van der Waals surface area contributed by atoms with Gasteiger partial charge in [-0.3, -0.25) is 0 Å². The lowest BCUT2D eigenvalue weighted by molar-refractivity contribution is 0.0822. The van der Waals surface area contributed by atoms with Crippen LogP contribution in [-0.4, -0.2) is 25.3 Å². The van der Waals surface area contributed by atoms with E-state index in [1.165, 1.54) is 6.42 Å². The molecule has 2 heteroatoms. The van der Waals surface area contributed by atoms with Gasteiger partial charge in [-0.05, 0) is 26.7 Å². The Morgan fingerprint density at radius 1 is 1.08 bits per heavy atom. The minimum absolute atomic E-state index is 0.284. The molecule has 4 atom stereocenters. The maximum absolute atomic E-state index is 5.26. The molecular formula is C11H25NO. The minimum Gasteiger partial charge on any atom is -0.380 e. The molecule has 0 aromatic heterocycles. The molecule has 0 aliphatic carbocycles. The Morgan fingerprint density at radius 2 is 1.62 bits per heavy atom. The monoisotopic (exact) mass is 187 g/mol.